The van der Waals surface area contributed by atoms with E-state index in [4.69, 9.17) is 4.42 Å². The van der Waals surface area contributed by atoms with Crippen molar-refractivity contribution in [1.82, 2.24) is 9.13 Å². The largest absolute Gasteiger partial charge is 0.456 e. The summed E-state index contributed by atoms with van der Waals surface area (Å²) in [6.45, 7) is 0. The fourth-order valence-corrected chi connectivity index (χ4v) is 7.68. The van der Waals surface area contributed by atoms with Gasteiger partial charge in [-0.05, 0) is 60.2 Å². The molecule has 3 aromatic heterocycles. The van der Waals surface area contributed by atoms with Crippen LogP contribution in [0.1, 0.15) is 11.1 Å². The summed E-state index contributed by atoms with van der Waals surface area (Å²) in [6.07, 6.45) is 0. The lowest BCUT2D eigenvalue weighted by molar-refractivity contribution is 0.669. The maximum atomic E-state index is 10.7. The molecule has 0 saturated heterocycles. The number of benzene rings is 7. The minimum absolute atomic E-state index is 0.337. The molecule has 5 nitrogen and oxygen atoms in total. The lowest BCUT2D eigenvalue weighted by Gasteiger charge is -2.17. The minimum Gasteiger partial charge on any atom is -0.456 e. The van der Waals surface area contributed by atoms with Crippen LogP contribution in [0.25, 0.3) is 88.1 Å². The maximum absolute atomic E-state index is 10.7. The molecule has 0 saturated carbocycles. The third-order valence-corrected chi connectivity index (χ3v) is 9.82. The fourth-order valence-electron chi connectivity index (χ4n) is 7.68. The summed E-state index contributed by atoms with van der Waals surface area (Å²) < 4.78 is 10.7. The molecular weight excluding hydrogens is 601 g/mol. The van der Waals surface area contributed by atoms with Gasteiger partial charge in [0.05, 0.1) is 38.9 Å². The molecule has 3 heterocycles. The highest BCUT2D eigenvalue weighted by Crippen LogP contribution is 2.42. The van der Waals surface area contributed by atoms with Crippen molar-refractivity contribution in [1.29, 1.82) is 10.5 Å². The first-order chi connectivity index (χ1) is 24.2. The summed E-state index contributed by atoms with van der Waals surface area (Å²) in [5.41, 5.74) is 10.0. The van der Waals surface area contributed by atoms with Crippen LogP contribution in [0, 0.1) is 22.7 Å². The van der Waals surface area contributed by atoms with Crippen molar-refractivity contribution in [3.05, 3.63) is 157 Å². The van der Waals surface area contributed by atoms with Crippen molar-refractivity contribution in [2.45, 2.75) is 0 Å². The highest BCUT2D eigenvalue weighted by atomic mass is 16.3. The fraction of sp³-hybridized carbons (Fsp3) is 0. The van der Waals surface area contributed by atoms with E-state index in [0.29, 0.717) is 16.8 Å². The van der Waals surface area contributed by atoms with Crippen LogP contribution in [-0.2, 0) is 0 Å². The zero-order valence-corrected chi connectivity index (χ0v) is 26.1. The monoisotopic (exact) mass is 624 g/mol. The molecule has 0 aliphatic heterocycles. The Balaban J connectivity index is 1.25. The van der Waals surface area contributed by atoms with Gasteiger partial charge < -0.3 is 13.6 Å². The summed E-state index contributed by atoms with van der Waals surface area (Å²) in [6, 6.07) is 54.4. The Kier molecular flexibility index (Phi) is 5.64. The first kappa shape index (κ1) is 27.1. The Hall–Kier alpha value is -7.08. The Morgan fingerprint density at radius 1 is 0.449 bits per heavy atom. The molecule has 10 rings (SSSR count). The SMILES string of the molecule is N#Cc1ccc(-c2ccc(-n3c4ccccc4c4ccccc43)cc2)c(-n2c3ccccc3c3cc4oc5ccccc5c4cc32)c1C#N. The van der Waals surface area contributed by atoms with Gasteiger partial charge in [0.15, 0.2) is 0 Å². The molecule has 0 amide bonds. The van der Waals surface area contributed by atoms with Gasteiger partial charge in [0, 0.05) is 43.6 Å². The third-order valence-electron chi connectivity index (χ3n) is 9.82. The van der Waals surface area contributed by atoms with E-state index in [1.54, 1.807) is 6.07 Å². The number of nitrogens with zero attached hydrogens (tertiary/aromatic N) is 4. The average molecular weight is 625 g/mol. The van der Waals surface area contributed by atoms with Crippen molar-refractivity contribution in [2.75, 3.05) is 0 Å². The van der Waals surface area contributed by atoms with Crippen LogP contribution in [0.5, 0.6) is 0 Å². The van der Waals surface area contributed by atoms with Gasteiger partial charge in [-0.2, -0.15) is 10.5 Å². The Morgan fingerprint density at radius 2 is 1.04 bits per heavy atom. The van der Waals surface area contributed by atoms with E-state index >= 15 is 0 Å². The van der Waals surface area contributed by atoms with E-state index in [9.17, 15) is 10.5 Å². The van der Waals surface area contributed by atoms with E-state index in [1.165, 1.54) is 10.8 Å². The molecule has 0 unspecified atom stereocenters. The van der Waals surface area contributed by atoms with E-state index in [0.717, 1.165) is 71.6 Å². The summed E-state index contributed by atoms with van der Waals surface area (Å²) in [4.78, 5) is 0. The second-order valence-electron chi connectivity index (χ2n) is 12.3. The molecule has 0 fully saturated rings. The van der Waals surface area contributed by atoms with Crippen molar-refractivity contribution < 1.29 is 4.42 Å². The molecule has 0 spiro atoms. The van der Waals surface area contributed by atoms with Crippen LogP contribution >= 0.6 is 0 Å². The standard InChI is InChI=1S/C44H24N4O/c45-25-28-19-22-30(27-17-20-29(21-18-27)47-38-13-5-1-9-31(38)32-10-2-6-14-39(32)47)44(37(28)26-46)48-40-15-7-3-11-33(40)35-24-43-36(23-41(35)48)34-12-4-8-16-42(34)49-43/h1-24H. The Bertz CT molecular complexity index is 3020. The molecule has 0 aliphatic carbocycles. The summed E-state index contributed by atoms with van der Waals surface area (Å²) in [7, 11) is 0. The molecule has 0 radical (unpaired) electrons. The summed E-state index contributed by atoms with van der Waals surface area (Å²) in [5.74, 6) is 0. The molecule has 10 aromatic rings. The van der Waals surface area contributed by atoms with Gasteiger partial charge in [-0.15, -0.1) is 0 Å². The first-order valence-electron chi connectivity index (χ1n) is 16.1. The quantitative estimate of drug-likeness (QED) is 0.196. The van der Waals surface area contributed by atoms with Gasteiger partial charge in [0.2, 0.25) is 0 Å². The second-order valence-corrected chi connectivity index (χ2v) is 12.3. The Morgan fingerprint density at radius 3 is 1.69 bits per heavy atom. The maximum Gasteiger partial charge on any atom is 0.136 e. The second kappa shape index (κ2) is 10.2. The van der Waals surface area contributed by atoms with Gasteiger partial charge in [-0.3, -0.25) is 0 Å². The number of furan rings is 1. The predicted molar refractivity (Wildman–Crippen MR) is 197 cm³/mol. The third kappa shape index (κ3) is 3.79. The molecule has 0 atom stereocenters. The predicted octanol–water partition coefficient (Wildman–Crippen LogP) is 11.2. The normalized spacial score (nSPS) is 11.6. The highest BCUT2D eigenvalue weighted by Gasteiger charge is 2.23. The van der Waals surface area contributed by atoms with E-state index in [2.05, 4.69) is 124 Å². The summed E-state index contributed by atoms with van der Waals surface area (Å²) >= 11 is 0. The molecule has 49 heavy (non-hydrogen) atoms. The minimum atomic E-state index is 0.337. The van der Waals surface area contributed by atoms with Gasteiger partial charge in [0.25, 0.3) is 0 Å². The van der Waals surface area contributed by atoms with Gasteiger partial charge in [0.1, 0.15) is 23.3 Å². The van der Waals surface area contributed by atoms with Crippen LogP contribution in [0.2, 0.25) is 0 Å². The number of hydrogen-bond acceptors (Lipinski definition) is 3. The van der Waals surface area contributed by atoms with Crippen LogP contribution < -0.4 is 0 Å². The van der Waals surface area contributed by atoms with Crippen LogP contribution in [0.4, 0.5) is 0 Å². The van der Waals surface area contributed by atoms with E-state index < -0.39 is 0 Å². The average Bonchev–Trinajstić information content (AvgIpc) is 3.80. The molecular formula is C44H24N4O. The Labute approximate surface area is 280 Å². The first-order valence-corrected chi connectivity index (χ1v) is 16.1. The van der Waals surface area contributed by atoms with Crippen LogP contribution in [0.15, 0.2) is 150 Å². The van der Waals surface area contributed by atoms with Crippen LogP contribution in [0.3, 0.4) is 0 Å². The molecule has 0 N–H and O–H groups in total. The summed E-state index contributed by atoms with van der Waals surface area (Å²) in [5, 5.41) is 27.3. The topological polar surface area (TPSA) is 70.6 Å². The highest BCUT2D eigenvalue weighted by molar-refractivity contribution is 6.17. The van der Waals surface area contributed by atoms with E-state index in [-0.39, 0.29) is 0 Å². The molecule has 226 valence electrons. The van der Waals surface area contributed by atoms with E-state index in [1.807, 2.05) is 36.4 Å². The zero-order chi connectivity index (χ0) is 32.6. The molecule has 7 aromatic carbocycles. The van der Waals surface area contributed by atoms with Crippen molar-refractivity contribution in [3.8, 4) is 34.6 Å². The molecule has 0 bridgehead atoms. The van der Waals surface area contributed by atoms with Gasteiger partial charge in [-0.25, -0.2) is 0 Å². The zero-order valence-electron chi connectivity index (χ0n) is 26.1. The number of aromatic nitrogens is 2. The number of fused-ring (bicyclic) bond motifs is 9. The number of rotatable bonds is 3. The molecule has 0 aliphatic rings. The smallest absolute Gasteiger partial charge is 0.136 e. The van der Waals surface area contributed by atoms with Crippen molar-refractivity contribution in [2.24, 2.45) is 0 Å². The van der Waals surface area contributed by atoms with Gasteiger partial charge in [-0.1, -0.05) is 91.0 Å². The number of para-hydroxylation sites is 4. The molecule has 5 heteroatoms. The van der Waals surface area contributed by atoms with Crippen molar-refractivity contribution >= 4 is 65.6 Å². The van der Waals surface area contributed by atoms with Crippen LogP contribution in [-0.4, -0.2) is 9.13 Å². The number of hydrogen-bond donors (Lipinski definition) is 0. The lowest BCUT2D eigenvalue weighted by atomic mass is 9.96. The lowest BCUT2D eigenvalue weighted by Crippen LogP contribution is -2.03. The van der Waals surface area contributed by atoms with Crippen molar-refractivity contribution in [3.63, 3.8) is 0 Å². The number of nitriles is 2. The van der Waals surface area contributed by atoms with Gasteiger partial charge >= 0.3 is 0 Å².